The van der Waals surface area contributed by atoms with Crippen LogP contribution in [0.1, 0.15) is 31.3 Å². The minimum absolute atomic E-state index is 0.0157. The summed E-state index contributed by atoms with van der Waals surface area (Å²) in [6.07, 6.45) is 2.51. The van der Waals surface area contributed by atoms with Crippen LogP contribution in [0.15, 0.2) is 12.4 Å². The van der Waals surface area contributed by atoms with Crippen LogP contribution in [-0.2, 0) is 4.79 Å². The van der Waals surface area contributed by atoms with Crippen LogP contribution in [0.5, 0.6) is 0 Å². The molecule has 1 atom stereocenters. The van der Waals surface area contributed by atoms with E-state index >= 15 is 0 Å². The van der Waals surface area contributed by atoms with Crippen molar-refractivity contribution in [3.63, 3.8) is 0 Å². The Morgan fingerprint density at radius 3 is 2.44 bits per heavy atom. The van der Waals surface area contributed by atoms with E-state index in [9.17, 15) is 9.59 Å². The first-order valence-corrected chi connectivity index (χ1v) is 5.61. The van der Waals surface area contributed by atoms with Crippen molar-refractivity contribution in [2.24, 2.45) is 5.41 Å². The zero-order valence-electron chi connectivity index (χ0n) is 10.3. The van der Waals surface area contributed by atoms with Crippen molar-refractivity contribution in [2.45, 2.75) is 26.8 Å². The number of carboxylic acid groups (broad SMARTS) is 1. The topological polar surface area (TPSA) is 92.2 Å². The van der Waals surface area contributed by atoms with E-state index in [1.807, 2.05) is 0 Å². The molecule has 0 aliphatic carbocycles. The van der Waals surface area contributed by atoms with Crippen molar-refractivity contribution in [3.05, 3.63) is 23.2 Å². The van der Waals surface area contributed by atoms with E-state index in [1.165, 1.54) is 12.4 Å². The summed E-state index contributed by atoms with van der Waals surface area (Å²) >= 11 is 5.61. The fraction of sp³-hybridized carbons (Fsp3) is 0.455. The maximum absolute atomic E-state index is 11.8. The average molecular weight is 272 g/mol. The van der Waals surface area contributed by atoms with E-state index in [0.717, 1.165) is 0 Å². The van der Waals surface area contributed by atoms with Gasteiger partial charge in [0.1, 0.15) is 16.9 Å². The van der Waals surface area contributed by atoms with Gasteiger partial charge in [-0.05, 0) is 5.41 Å². The molecule has 2 N–H and O–H groups in total. The van der Waals surface area contributed by atoms with E-state index in [4.69, 9.17) is 16.7 Å². The summed E-state index contributed by atoms with van der Waals surface area (Å²) in [5.41, 5.74) is -0.633. The number of aromatic nitrogens is 2. The lowest BCUT2D eigenvalue weighted by molar-refractivity contribution is -0.142. The third kappa shape index (κ3) is 3.66. The molecule has 1 heterocycles. The second-order valence-electron chi connectivity index (χ2n) is 4.84. The van der Waals surface area contributed by atoms with Crippen molar-refractivity contribution >= 4 is 23.5 Å². The van der Waals surface area contributed by atoms with Crippen LogP contribution in [0.4, 0.5) is 0 Å². The first-order valence-electron chi connectivity index (χ1n) is 5.23. The summed E-state index contributed by atoms with van der Waals surface area (Å²) in [4.78, 5) is 30.4. The second-order valence-corrected chi connectivity index (χ2v) is 5.23. The Hall–Kier alpha value is -1.69. The molecule has 0 aliphatic rings. The average Bonchev–Trinajstić information content (AvgIpc) is 2.23. The molecule has 0 unspecified atom stereocenters. The molecule has 0 aromatic carbocycles. The molecule has 0 radical (unpaired) electrons. The number of aliphatic carboxylic acids is 1. The molecule has 1 aromatic heterocycles. The highest BCUT2D eigenvalue weighted by Crippen LogP contribution is 2.19. The van der Waals surface area contributed by atoms with Gasteiger partial charge < -0.3 is 10.4 Å². The highest BCUT2D eigenvalue weighted by molar-refractivity contribution is 6.29. The van der Waals surface area contributed by atoms with E-state index in [1.54, 1.807) is 20.8 Å². The predicted molar refractivity (Wildman–Crippen MR) is 65.4 cm³/mol. The standard InChI is InChI=1S/C11H14ClN3O3/c1-11(2,3)8(10(17)18)15-9(16)6-4-13-5-7(12)14-6/h4-5,8H,1-3H3,(H,15,16)(H,17,18)/t8-/m1/s1. The minimum Gasteiger partial charge on any atom is -0.480 e. The third-order valence-electron chi connectivity index (χ3n) is 2.23. The summed E-state index contributed by atoms with van der Waals surface area (Å²) in [5, 5.41) is 11.6. The number of amides is 1. The molecule has 0 saturated carbocycles. The molecule has 0 spiro atoms. The molecule has 0 saturated heterocycles. The maximum Gasteiger partial charge on any atom is 0.326 e. The fourth-order valence-corrected chi connectivity index (χ4v) is 1.45. The Kier molecular flexibility index (Phi) is 4.24. The van der Waals surface area contributed by atoms with Gasteiger partial charge in [0, 0.05) is 0 Å². The van der Waals surface area contributed by atoms with Crippen LogP contribution in [0.25, 0.3) is 0 Å². The number of carbonyl (C=O) groups excluding carboxylic acids is 1. The third-order valence-corrected chi connectivity index (χ3v) is 2.41. The number of nitrogens with zero attached hydrogens (tertiary/aromatic N) is 2. The smallest absolute Gasteiger partial charge is 0.326 e. The SMILES string of the molecule is CC(C)(C)[C@H](NC(=O)c1cncc(Cl)n1)C(=O)O. The van der Waals surface area contributed by atoms with Crippen LogP contribution in [0.3, 0.4) is 0 Å². The summed E-state index contributed by atoms with van der Waals surface area (Å²) in [6.45, 7) is 5.15. The number of carbonyl (C=O) groups is 2. The predicted octanol–water partition coefficient (Wildman–Crippen LogP) is 1.36. The highest BCUT2D eigenvalue weighted by atomic mass is 35.5. The normalized spacial score (nSPS) is 12.9. The quantitative estimate of drug-likeness (QED) is 0.866. The largest absolute Gasteiger partial charge is 0.480 e. The molecule has 0 aliphatic heterocycles. The number of halogens is 1. The highest BCUT2D eigenvalue weighted by Gasteiger charge is 2.33. The Balaban J connectivity index is 2.89. The van der Waals surface area contributed by atoms with Crippen molar-refractivity contribution in [2.75, 3.05) is 0 Å². The molecular formula is C11H14ClN3O3. The molecule has 1 rings (SSSR count). The van der Waals surface area contributed by atoms with Crippen LogP contribution in [-0.4, -0.2) is 33.0 Å². The van der Waals surface area contributed by atoms with Crippen molar-refractivity contribution in [1.82, 2.24) is 15.3 Å². The lowest BCUT2D eigenvalue weighted by Gasteiger charge is -2.27. The van der Waals surface area contributed by atoms with E-state index in [2.05, 4.69) is 15.3 Å². The molecule has 7 heteroatoms. The van der Waals surface area contributed by atoms with Crippen LogP contribution in [0.2, 0.25) is 5.15 Å². The van der Waals surface area contributed by atoms with Gasteiger partial charge in [-0.2, -0.15) is 0 Å². The Morgan fingerprint density at radius 2 is 2.00 bits per heavy atom. The Bertz CT molecular complexity index is 471. The number of rotatable bonds is 3. The Labute approximate surface area is 109 Å². The van der Waals surface area contributed by atoms with Crippen molar-refractivity contribution in [1.29, 1.82) is 0 Å². The Morgan fingerprint density at radius 1 is 1.39 bits per heavy atom. The molecule has 1 aromatic rings. The van der Waals surface area contributed by atoms with Crippen LogP contribution < -0.4 is 5.32 Å². The van der Waals surface area contributed by atoms with Gasteiger partial charge in [-0.25, -0.2) is 9.78 Å². The zero-order chi connectivity index (χ0) is 13.9. The molecule has 0 fully saturated rings. The number of hydrogen-bond acceptors (Lipinski definition) is 4. The molecular weight excluding hydrogens is 258 g/mol. The summed E-state index contributed by atoms with van der Waals surface area (Å²) in [5.74, 6) is -1.72. The summed E-state index contributed by atoms with van der Waals surface area (Å²) < 4.78 is 0. The van der Waals surface area contributed by atoms with Gasteiger partial charge in [-0.3, -0.25) is 9.78 Å². The van der Waals surface area contributed by atoms with Crippen molar-refractivity contribution < 1.29 is 14.7 Å². The molecule has 6 nitrogen and oxygen atoms in total. The number of hydrogen-bond donors (Lipinski definition) is 2. The summed E-state index contributed by atoms with van der Waals surface area (Å²) in [7, 11) is 0. The van der Waals surface area contributed by atoms with Gasteiger partial charge in [-0.15, -0.1) is 0 Å². The van der Waals surface area contributed by atoms with Crippen molar-refractivity contribution in [3.8, 4) is 0 Å². The first-order chi connectivity index (χ1) is 8.21. The maximum atomic E-state index is 11.8. The first kappa shape index (κ1) is 14.4. The van der Waals surface area contributed by atoms with Crippen LogP contribution in [0, 0.1) is 5.41 Å². The minimum atomic E-state index is -1.11. The van der Waals surface area contributed by atoms with Gasteiger partial charge in [0.25, 0.3) is 5.91 Å². The molecule has 18 heavy (non-hydrogen) atoms. The number of nitrogens with one attached hydrogen (secondary N) is 1. The van der Waals surface area contributed by atoms with Gasteiger partial charge in [0.05, 0.1) is 12.4 Å². The fourth-order valence-electron chi connectivity index (χ4n) is 1.31. The van der Waals surface area contributed by atoms with Gasteiger partial charge in [0.2, 0.25) is 0 Å². The van der Waals surface area contributed by atoms with E-state index in [-0.39, 0.29) is 10.8 Å². The lowest BCUT2D eigenvalue weighted by Crippen LogP contribution is -2.49. The number of carboxylic acids is 1. The van der Waals surface area contributed by atoms with Gasteiger partial charge in [0.15, 0.2) is 0 Å². The van der Waals surface area contributed by atoms with E-state index in [0.29, 0.717) is 0 Å². The molecule has 98 valence electrons. The van der Waals surface area contributed by atoms with Gasteiger partial charge >= 0.3 is 5.97 Å². The van der Waals surface area contributed by atoms with Crippen LogP contribution >= 0.6 is 11.6 Å². The van der Waals surface area contributed by atoms with Gasteiger partial charge in [-0.1, -0.05) is 32.4 Å². The summed E-state index contributed by atoms with van der Waals surface area (Å²) in [6, 6.07) is -1.02. The molecule has 1 amide bonds. The second kappa shape index (κ2) is 5.30. The lowest BCUT2D eigenvalue weighted by atomic mass is 9.86. The van der Waals surface area contributed by atoms with E-state index < -0.39 is 23.3 Å². The monoisotopic (exact) mass is 271 g/mol. The molecule has 0 bridgehead atoms. The zero-order valence-corrected chi connectivity index (χ0v) is 11.0.